The first-order valence-corrected chi connectivity index (χ1v) is 12.1. The molecule has 8 nitrogen and oxygen atoms in total. The number of nitrogens with one attached hydrogen (secondary N) is 2. The Labute approximate surface area is 201 Å². The van der Waals surface area contributed by atoms with Crippen molar-refractivity contribution in [1.29, 1.82) is 0 Å². The molecule has 1 heterocycles. The molecule has 2 amide bonds. The maximum atomic E-state index is 13.0. The van der Waals surface area contributed by atoms with E-state index in [-0.39, 0.29) is 23.5 Å². The Bertz CT molecular complexity index is 832. The minimum Gasteiger partial charge on any atom is -0.493 e. The molecule has 0 saturated carbocycles. The molecule has 1 saturated heterocycles. The van der Waals surface area contributed by atoms with E-state index in [1.54, 1.807) is 30.0 Å². The number of hydrogen-bond acceptors (Lipinski definition) is 6. The lowest BCUT2D eigenvalue weighted by Gasteiger charge is -2.36. The molecule has 1 aromatic rings. The fraction of sp³-hybridized carbons (Fsp3) is 0.583. The Hall–Kier alpha value is -2.68. The van der Waals surface area contributed by atoms with Crippen molar-refractivity contribution in [2.75, 3.05) is 19.7 Å². The summed E-state index contributed by atoms with van der Waals surface area (Å²) in [6.45, 7) is 7.13. The number of thiocarbonyl (C=S) groups is 1. The Morgan fingerprint density at radius 3 is 2.73 bits per heavy atom. The van der Waals surface area contributed by atoms with Crippen LogP contribution in [0.5, 0.6) is 5.75 Å². The van der Waals surface area contributed by atoms with Crippen LogP contribution < -0.4 is 15.4 Å². The van der Waals surface area contributed by atoms with Crippen LogP contribution in [0.2, 0.25) is 0 Å². The number of ether oxygens (including phenoxy) is 2. The lowest BCUT2D eigenvalue weighted by molar-refractivity contribution is -0.151. The van der Waals surface area contributed by atoms with Crippen molar-refractivity contribution in [2.24, 2.45) is 0 Å². The Kier molecular flexibility index (Phi) is 11.1. The molecule has 0 spiro atoms. The van der Waals surface area contributed by atoms with Gasteiger partial charge in [-0.05, 0) is 44.1 Å². The van der Waals surface area contributed by atoms with Crippen molar-refractivity contribution in [3.05, 3.63) is 29.8 Å². The first-order chi connectivity index (χ1) is 15.9. The molecule has 182 valence electrons. The van der Waals surface area contributed by atoms with E-state index in [1.807, 2.05) is 13.0 Å². The predicted octanol–water partition coefficient (Wildman–Crippen LogP) is 3.19. The third-order valence-electron chi connectivity index (χ3n) is 5.47. The number of amides is 2. The minimum absolute atomic E-state index is 0.0916. The number of benzene rings is 1. The summed E-state index contributed by atoms with van der Waals surface area (Å²) in [5, 5.41) is 5.53. The summed E-state index contributed by atoms with van der Waals surface area (Å²) in [6.07, 6.45) is 4.58. The quantitative estimate of drug-likeness (QED) is 0.287. The Balaban J connectivity index is 2.02. The van der Waals surface area contributed by atoms with Gasteiger partial charge in [-0.25, -0.2) is 0 Å². The van der Waals surface area contributed by atoms with Crippen molar-refractivity contribution < 1.29 is 23.9 Å². The van der Waals surface area contributed by atoms with Gasteiger partial charge in [0.1, 0.15) is 11.8 Å². The van der Waals surface area contributed by atoms with E-state index < -0.39 is 17.9 Å². The summed E-state index contributed by atoms with van der Waals surface area (Å²) >= 11 is 5.44. The number of para-hydroxylation sites is 1. The molecule has 2 rings (SSSR count). The first-order valence-electron chi connectivity index (χ1n) is 11.7. The highest BCUT2D eigenvalue weighted by molar-refractivity contribution is 7.80. The van der Waals surface area contributed by atoms with Gasteiger partial charge in [-0.2, -0.15) is 0 Å². The SMILES string of the molecule is CCCCCCOc1ccccc1C(=O)NC(=S)N1CCNC(=O)C1CC(=O)OC(C)CC. The zero-order valence-electron chi connectivity index (χ0n) is 19.7. The number of carbonyl (C=O) groups excluding carboxylic acids is 3. The summed E-state index contributed by atoms with van der Waals surface area (Å²) < 4.78 is 11.1. The second-order valence-corrected chi connectivity index (χ2v) is 8.46. The molecule has 1 fully saturated rings. The molecule has 9 heteroatoms. The number of nitrogens with zero attached hydrogens (tertiary/aromatic N) is 1. The smallest absolute Gasteiger partial charge is 0.308 e. The molecule has 1 aliphatic rings. The average Bonchev–Trinajstić information content (AvgIpc) is 2.80. The number of unbranched alkanes of at least 4 members (excludes halogenated alkanes) is 3. The number of carbonyl (C=O) groups is 3. The van der Waals surface area contributed by atoms with Crippen LogP contribution in [-0.4, -0.2) is 59.6 Å². The van der Waals surface area contributed by atoms with Crippen molar-refractivity contribution in [3.63, 3.8) is 0 Å². The Morgan fingerprint density at radius 1 is 1.24 bits per heavy atom. The van der Waals surface area contributed by atoms with Crippen molar-refractivity contribution >= 4 is 35.1 Å². The van der Waals surface area contributed by atoms with Gasteiger partial charge in [-0.1, -0.05) is 45.2 Å². The van der Waals surface area contributed by atoms with Gasteiger partial charge in [-0.3, -0.25) is 19.7 Å². The molecule has 0 bridgehead atoms. The molecular weight excluding hydrogens is 442 g/mol. The topological polar surface area (TPSA) is 97.0 Å². The summed E-state index contributed by atoms with van der Waals surface area (Å²) in [5.41, 5.74) is 0.365. The van der Waals surface area contributed by atoms with Crippen LogP contribution in [0.4, 0.5) is 0 Å². The van der Waals surface area contributed by atoms with Gasteiger partial charge in [0.15, 0.2) is 5.11 Å². The highest BCUT2D eigenvalue weighted by atomic mass is 32.1. The van der Waals surface area contributed by atoms with Crippen LogP contribution in [0.25, 0.3) is 0 Å². The molecule has 33 heavy (non-hydrogen) atoms. The molecule has 0 aliphatic carbocycles. The van der Waals surface area contributed by atoms with Gasteiger partial charge in [0.25, 0.3) is 5.91 Å². The molecule has 1 aliphatic heterocycles. The van der Waals surface area contributed by atoms with E-state index in [1.165, 1.54) is 0 Å². The predicted molar refractivity (Wildman–Crippen MR) is 130 cm³/mol. The van der Waals surface area contributed by atoms with E-state index in [2.05, 4.69) is 17.6 Å². The van der Waals surface area contributed by atoms with E-state index in [0.29, 0.717) is 37.4 Å². The fourth-order valence-electron chi connectivity index (χ4n) is 3.40. The highest BCUT2D eigenvalue weighted by Crippen LogP contribution is 2.19. The summed E-state index contributed by atoms with van der Waals surface area (Å²) in [7, 11) is 0. The van der Waals surface area contributed by atoms with Crippen LogP contribution in [0, 0.1) is 0 Å². The van der Waals surface area contributed by atoms with Gasteiger partial charge in [0.2, 0.25) is 5.91 Å². The number of hydrogen-bond donors (Lipinski definition) is 2. The lowest BCUT2D eigenvalue weighted by atomic mass is 10.1. The van der Waals surface area contributed by atoms with Crippen LogP contribution >= 0.6 is 12.2 Å². The molecule has 2 atom stereocenters. The lowest BCUT2D eigenvalue weighted by Crippen LogP contribution is -2.60. The molecular formula is C24H35N3O5S. The summed E-state index contributed by atoms with van der Waals surface area (Å²) in [4.78, 5) is 39.2. The van der Waals surface area contributed by atoms with E-state index in [0.717, 1.165) is 25.7 Å². The third kappa shape index (κ3) is 8.31. The summed E-state index contributed by atoms with van der Waals surface area (Å²) in [6, 6.07) is 6.14. The van der Waals surface area contributed by atoms with Gasteiger partial charge in [0.05, 0.1) is 24.7 Å². The standard InChI is InChI=1S/C24H35N3O5S/c1-4-6-7-10-15-31-20-12-9-8-11-18(20)22(29)26-24(33)27-14-13-25-23(30)19(27)16-21(28)32-17(3)5-2/h8-9,11-12,17,19H,4-7,10,13-16H2,1-3H3,(H,25,30)(H,26,29,33). The molecule has 1 aromatic carbocycles. The maximum Gasteiger partial charge on any atom is 0.308 e. The van der Waals surface area contributed by atoms with Gasteiger partial charge >= 0.3 is 5.97 Å². The second-order valence-electron chi connectivity index (χ2n) is 8.08. The monoisotopic (exact) mass is 477 g/mol. The third-order valence-corrected chi connectivity index (χ3v) is 5.80. The fourth-order valence-corrected chi connectivity index (χ4v) is 3.71. The van der Waals surface area contributed by atoms with E-state index in [4.69, 9.17) is 21.7 Å². The number of piperazine rings is 1. The highest BCUT2D eigenvalue weighted by Gasteiger charge is 2.34. The zero-order chi connectivity index (χ0) is 24.2. The summed E-state index contributed by atoms with van der Waals surface area (Å²) in [5.74, 6) is -0.738. The van der Waals surface area contributed by atoms with Crippen molar-refractivity contribution in [1.82, 2.24) is 15.5 Å². The van der Waals surface area contributed by atoms with E-state index in [9.17, 15) is 14.4 Å². The molecule has 2 N–H and O–H groups in total. The molecule has 0 aromatic heterocycles. The van der Waals surface area contributed by atoms with Crippen LogP contribution in [0.15, 0.2) is 24.3 Å². The van der Waals surface area contributed by atoms with Gasteiger partial charge in [-0.15, -0.1) is 0 Å². The second kappa shape index (κ2) is 13.8. The molecule has 0 radical (unpaired) electrons. The first kappa shape index (κ1) is 26.6. The van der Waals surface area contributed by atoms with Crippen LogP contribution in [0.1, 0.15) is 69.7 Å². The van der Waals surface area contributed by atoms with Crippen LogP contribution in [-0.2, 0) is 14.3 Å². The normalized spacial score (nSPS) is 16.5. The number of rotatable bonds is 11. The number of esters is 1. The van der Waals surface area contributed by atoms with Crippen molar-refractivity contribution in [3.8, 4) is 5.75 Å². The molecule has 2 unspecified atom stereocenters. The van der Waals surface area contributed by atoms with Crippen LogP contribution in [0.3, 0.4) is 0 Å². The van der Waals surface area contributed by atoms with Crippen molar-refractivity contribution in [2.45, 2.75) is 71.4 Å². The average molecular weight is 478 g/mol. The zero-order valence-corrected chi connectivity index (χ0v) is 20.5. The van der Waals surface area contributed by atoms with Gasteiger partial charge in [0, 0.05) is 13.1 Å². The van der Waals surface area contributed by atoms with E-state index >= 15 is 0 Å². The van der Waals surface area contributed by atoms with Gasteiger partial charge < -0.3 is 19.7 Å². The maximum absolute atomic E-state index is 13.0. The largest absolute Gasteiger partial charge is 0.493 e. The Morgan fingerprint density at radius 2 is 2.00 bits per heavy atom. The minimum atomic E-state index is -0.840.